The zero-order valence-corrected chi connectivity index (χ0v) is 31.6. The van der Waals surface area contributed by atoms with Crippen LogP contribution in [0.3, 0.4) is 0 Å². The van der Waals surface area contributed by atoms with Crippen LogP contribution >= 0.6 is 23.2 Å². The molecule has 11 nitrogen and oxygen atoms in total. The lowest BCUT2D eigenvalue weighted by Gasteiger charge is -2.39. The largest absolute Gasteiger partial charge is 0.493 e. The fourth-order valence-corrected chi connectivity index (χ4v) is 7.70. The topological polar surface area (TPSA) is 112 Å². The van der Waals surface area contributed by atoms with Crippen LogP contribution in [-0.4, -0.2) is 94.3 Å². The number of amidine groups is 1. The molecule has 3 aliphatic rings. The number of hydrogen-bond acceptors (Lipinski definition) is 7. The van der Waals surface area contributed by atoms with Crippen LogP contribution in [0.15, 0.2) is 76.2 Å². The molecule has 4 heterocycles. The highest BCUT2D eigenvalue weighted by atomic mass is 35.5. The van der Waals surface area contributed by atoms with Gasteiger partial charge in [-0.25, -0.2) is 4.79 Å². The number of nitrogens with zero attached hydrogens (tertiary/aromatic N) is 6. The summed E-state index contributed by atoms with van der Waals surface area (Å²) in [6, 6.07) is 19.0. The highest BCUT2D eigenvalue weighted by Gasteiger charge is 2.45. The fraction of sp³-hybridized carbons (Fsp3) is 0.375. The van der Waals surface area contributed by atoms with Crippen LogP contribution in [-0.2, 0) is 0 Å². The van der Waals surface area contributed by atoms with Crippen molar-refractivity contribution in [3.8, 4) is 5.75 Å². The molecule has 0 aliphatic carbocycles. The first-order valence-corrected chi connectivity index (χ1v) is 18.9. The van der Waals surface area contributed by atoms with Crippen molar-refractivity contribution in [1.82, 2.24) is 24.8 Å². The van der Waals surface area contributed by atoms with Gasteiger partial charge in [0.15, 0.2) is 0 Å². The summed E-state index contributed by atoms with van der Waals surface area (Å²) >= 11 is 12.7. The number of halogens is 2. The van der Waals surface area contributed by atoms with Gasteiger partial charge in [-0.15, -0.1) is 0 Å². The number of amides is 4. The Hall–Kier alpha value is -4.87. The Balaban J connectivity index is 1.28. The van der Waals surface area contributed by atoms with Gasteiger partial charge in [-0.05, 0) is 93.6 Å². The summed E-state index contributed by atoms with van der Waals surface area (Å²) in [5.41, 5.74) is 3.82. The molecule has 0 saturated carbocycles. The van der Waals surface area contributed by atoms with E-state index in [1.165, 1.54) is 0 Å². The van der Waals surface area contributed by atoms with Crippen molar-refractivity contribution in [2.45, 2.75) is 52.1 Å². The minimum absolute atomic E-state index is 0.0411. The van der Waals surface area contributed by atoms with Crippen LogP contribution in [0.5, 0.6) is 5.75 Å². The van der Waals surface area contributed by atoms with E-state index >= 15 is 4.79 Å². The highest BCUT2D eigenvalue weighted by molar-refractivity contribution is 6.30. The van der Waals surface area contributed by atoms with E-state index in [0.717, 1.165) is 43.5 Å². The third-order valence-electron chi connectivity index (χ3n) is 10.2. The van der Waals surface area contributed by atoms with E-state index in [-0.39, 0.29) is 17.8 Å². The number of likely N-dealkylation sites (tertiary alicyclic amines) is 1. The van der Waals surface area contributed by atoms with Crippen molar-refractivity contribution in [2.24, 2.45) is 4.99 Å². The summed E-state index contributed by atoms with van der Waals surface area (Å²) in [4.78, 5) is 54.5. The van der Waals surface area contributed by atoms with E-state index in [4.69, 9.17) is 37.5 Å². The first-order chi connectivity index (χ1) is 25.6. The molecule has 2 saturated heterocycles. The minimum atomic E-state index is -0.568. The smallest absolute Gasteiger partial charge is 0.326 e. The van der Waals surface area contributed by atoms with E-state index in [2.05, 4.69) is 5.16 Å². The molecule has 0 radical (unpaired) electrons. The molecule has 53 heavy (non-hydrogen) atoms. The first-order valence-electron chi connectivity index (χ1n) is 18.1. The predicted octanol–water partition coefficient (Wildman–Crippen LogP) is 7.75. The number of hydrogen-bond donors (Lipinski definition) is 0. The van der Waals surface area contributed by atoms with Crippen LogP contribution in [0.25, 0.3) is 0 Å². The summed E-state index contributed by atoms with van der Waals surface area (Å²) in [5.74, 6) is 1.15. The number of urea groups is 1. The van der Waals surface area contributed by atoms with E-state index in [0.29, 0.717) is 82.6 Å². The quantitative estimate of drug-likeness (QED) is 0.191. The standard InChI is InChI=1S/C40H42Cl2N6O5/c1-4-52-33-24-29(38(49)45-18-6-5-7-19-45)12-17-32(33)37-43-35(27-8-13-30(41)14-9-27)36(28-10-15-31(42)16-11-28)48(37)40(51)47-22-20-46(21-23-47)39(50)34-25(2)44-53-26(34)3/h8-17,24,35-36H,4-7,18-23H2,1-3H3/t35-,36+/m0/s1. The van der Waals surface area contributed by atoms with E-state index < -0.39 is 12.1 Å². The maximum absolute atomic E-state index is 15.0. The van der Waals surface area contributed by atoms with Gasteiger partial charge in [0.2, 0.25) is 0 Å². The zero-order valence-electron chi connectivity index (χ0n) is 30.1. The molecule has 4 aromatic rings. The second-order valence-corrected chi connectivity index (χ2v) is 14.4. The van der Waals surface area contributed by atoms with Crippen molar-refractivity contribution < 1.29 is 23.6 Å². The second kappa shape index (κ2) is 15.6. The first kappa shape index (κ1) is 36.5. The number of aryl methyl sites for hydroxylation is 2. The number of aromatic nitrogens is 1. The van der Waals surface area contributed by atoms with Gasteiger partial charge in [0.25, 0.3) is 11.8 Å². The molecule has 2 atom stereocenters. The lowest BCUT2D eigenvalue weighted by molar-refractivity contribution is 0.0644. The van der Waals surface area contributed by atoms with Gasteiger partial charge in [0.05, 0.1) is 23.9 Å². The number of ether oxygens (including phenoxy) is 1. The van der Waals surface area contributed by atoms with Crippen LogP contribution < -0.4 is 4.74 Å². The average molecular weight is 758 g/mol. The van der Waals surface area contributed by atoms with Gasteiger partial charge in [-0.1, -0.05) is 52.6 Å². The molecule has 13 heteroatoms. The Morgan fingerprint density at radius 3 is 1.98 bits per heavy atom. The number of piperazine rings is 1. The van der Waals surface area contributed by atoms with Crippen molar-refractivity contribution in [1.29, 1.82) is 0 Å². The lowest BCUT2D eigenvalue weighted by atomic mass is 9.93. The molecule has 0 N–H and O–H groups in total. The van der Waals surface area contributed by atoms with E-state index in [1.807, 2.05) is 66.4 Å². The fourth-order valence-electron chi connectivity index (χ4n) is 7.45. The molecule has 0 unspecified atom stereocenters. The molecule has 4 amide bonds. The van der Waals surface area contributed by atoms with Crippen LogP contribution in [0.4, 0.5) is 4.79 Å². The summed E-state index contributed by atoms with van der Waals surface area (Å²) in [5, 5.41) is 5.11. The maximum Gasteiger partial charge on any atom is 0.326 e. The Labute approximate surface area is 319 Å². The van der Waals surface area contributed by atoms with Crippen molar-refractivity contribution >= 4 is 46.9 Å². The number of carbonyl (C=O) groups is 3. The van der Waals surface area contributed by atoms with Crippen molar-refractivity contribution in [3.05, 3.63) is 116 Å². The maximum atomic E-state index is 15.0. The van der Waals surface area contributed by atoms with Crippen molar-refractivity contribution in [3.63, 3.8) is 0 Å². The molecule has 3 aromatic carbocycles. The van der Waals surface area contributed by atoms with Crippen LogP contribution in [0.1, 0.15) is 87.1 Å². The predicted molar refractivity (Wildman–Crippen MR) is 203 cm³/mol. The Bertz CT molecular complexity index is 2000. The second-order valence-electron chi connectivity index (χ2n) is 13.6. The number of piperidine rings is 1. The van der Waals surface area contributed by atoms with E-state index in [9.17, 15) is 9.59 Å². The number of rotatable bonds is 7. The van der Waals surface area contributed by atoms with Gasteiger partial charge < -0.3 is 24.0 Å². The van der Waals surface area contributed by atoms with Gasteiger partial charge in [0.1, 0.15) is 29.0 Å². The molecule has 0 spiro atoms. The monoisotopic (exact) mass is 756 g/mol. The lowest BCUT2D eigenvalue weighted by Crippen LogP contribution is -2.55. The zero-order chi connectivity index (χ0) is 37.2. The van der Waals surface area contributed by atoms with Crippen molar-refractivity contribution in [2.75, 3.05) is 45.9 Å². The summed E-state index contributed by atoms with van der Waals surface area (Å²) in [6.45, 7) is 8.43. The summed E-state index contributed by atoms with van der Waals surface area (Å²) in [7, 11) is 0. The minimum Gasteiger partial charge on any atom is -0.493 e. The normalized spacial score (nSPS) is 19.0. The molecule has 276 valence electrons. The molecule has 7 rings (SSSR count). The van der Waals surface area contributed by atoms with Gasteiger partial charge in [-0.3, -0.25) is 19.5 Å². The van der Waals surface area contributed by atoms with Crippen LogP contribution in [0, 0.1) is 13.8 Å². The third kappa shape index (κ3) is 7.37. The molecular formula is C40H42Cl2N6O5. The summed E-state index contributed by atoms with van der Waals surface area (Å²) < 4.78 is 11.5. The third-order valence-corrected chi connectivity index (χ3v) is 10.7. The highest BCUT2D eigenvalue weighted by Crippen LogP contribution is 2.45. The van der Waals surface area contributed by atoms with Gasteiger partial charge >= 0.3 is 6.03 Å². The van der Waals surface area contributed by atoms with Gasteiger partial charge in [-0.2, -0.15) is 0 Å². The average Bonchev–Trinajstić information content (AvgIpc) is 3.74. The Morgan fingerprint density at radius 1 is 0.774 bits per heavy atom. The number of aliphatic imine (C=N–C) groups is 1. The molecule has 1 aromatic heterocycles. The van der Waals surface area contributed by atoms with Gasteiger partial charge in [0, 0.05) is 54.9 Å². The SMILES string of the molecule is CCOc1cc(C(=O)N2CCCCC2)ccc1C1=N[C@@H](c2ccc(Cl)cc2)[C@@H](c2ccc(Cl)cc2)N1C(=O)N1CCN(C(=O)c2c(C)noc2C)CC1. The molecule has 3 aliphatic heterocycles. The molecular weight excluding hydrogens is 715 g/mol. The molecule has 2 fully saturated rings. The van der Waals surface area contributed by atoms with E-state index in [1.54, 1.807) is 40.7 Å². The molecule has 0 bridgehead atoms. The summed E-state index contributed by atoms with van der Waals surface area (Å²) in [6.07, 6.45) is 3.08. The Morgan fingerprint density at radius 2 is 1.38 bits per heavy atom. The number of benzene rings is 3. The Kier molecular flexibility index (Phi) is 10.8. The number of carbonyl (C=O) groups excluding carboxylic acids is 3. The van der Waals surface area contributed by atoms with Crippen LogP contribution in [0.2, 0.25) is 10.0 Å².